The predicted molar refractivity (Wildman–Crippen MR) is 72.1 cm³/mol. The molecule has 106 valence electrons. The Hall–Kier alpha value is -1.87. The highest BCUT2D eigenvalue weighted by molar-refractivity contribution is 5.65. The van der Waals surface area contributed by atoms with Gasteiger partial charge in [-0.1, -0.05) is 36.3 Å². The number of ether oxygens (including phenoxy) is 2. The highest BCUT2D eigenvalue weighted by Gasteiger charge is 2.32. The van der Waals surface area contributed by atoms with Crippen molar-refractivity contribution in [2.75, 3.05) is 13.4 Å². The number of terminal acetylenes is 1. The van der Waals surface area contributed by atoms with E-state index in [4.69, 9.17) is 20.7 Å². The first-order valence-electron chi connectivity index (χ1n) is 6.35. The van der Waals surface area contributed by atoms with Crippen molar-refractivity contribution < 1.29 is 19.1 Å². The Kier molecular flexibility index (Phi) is 5.13. The maximum Gasteiger partial charge on any atom is 0.322 e. The van der Waals surface area contributed by atoms with Gasteiger partial charge in [0.25, 0.3) is 0 Å². The fourth-order valence-corrected chi connectivity index (χ4v) is 2.02. The monoisotopic (exact) mass is 275 g/mol. The van der Waals surface area contributed by atoms with Crippen LogP contribution < -0.4 is 0 Å². The molecular weight excluding hydrogens is 258 g/mol. The minimum Gasteiger partial charge on any atom is -0.367 e. The molecule has 0 bridgehead atoms. The van der Waals surface area contributed by atoms with Crippen LogP contribution in [0.25, 0.3) is 0 Å². The second kappa shape index (κ2) is 7.06. The lowest BCUT2D eigenvalue weighted by molar-refractivity contribution is -0.205. The number of hydrogen-bond acceptors (Lipinski definition) is 5. The molecule has 0 unspecified atom stereocenters. The van der Waals surface area contributed by atoms with Crippen molar-refractivity contribution in [3.8, 4) is 12.3 Å². The number of hydrogen-bond donors (Lipinski definition) is 0. The summed E-state index contributed by atoms with van der Waals surface area (Å²) in [6.45, 7) is 2.34. The van der Waals surface area contributed by atoms with E-state index in [9.17, 15) is 4.79 Å². The quantitative estimate of drug-likeness (QED) is 0.599. The van der Waals surface area contributed by atoms with E-state index >= 15 is 0 Å². The lowest BCUT2D eigenvalue weighted by atomic mass is 10.1. The van der Waals surface area contributed by atoms with Crippen LogP contribution in [0.4, 0.5) is 0 Å². The molecule has 5 heteroatoms. The van der Waals surface area contributed by atoms with Gasteiger partial charge in [-0.15, -0.1) is 11.5 Å². The molecule has 5 nitrogen and oxygen atoms in total. The molecule has 20 heavy (non-hydrogen) atoms. The predicted octanol–water partition coefficient (Wildman–Crippen LogP) is 1.34. The van der Waals surface area contributed by atoms with E-state index in [-0.39, 0.29) is 12.9 Å². The maximum absolute atomic E-state index is 11.3. The van der Waals surface area contributed by atoms with Crippen LogP contribution in [-0.4, -0.2) is 36.6 Å². The number of carbonyl (C=O) groups is 1. The average Bonchev–Trinajstić information content (AvgIpc) is 2.94. The van der Waals surface area contributed by atoms with Crippen LogP contribution in [0.5, 0.6) is 0 Å². The summed E-state index contributed by atoms with van der Waals surface area (Å²) in [6, 6.07) is 9.16. The second-order valence-corrected chi connectivity index (χ2v) is 4.45. The smallest absolute Gasteiger partial charge is 0.322 e. The van der Waals surface area contributed by atoms with Gasteiger partial charge in [-0.2, -0.15) is 0 Å². The summed E-state index contributed by atoms with van der Waals surface area (Å²) in [5.74, 6) is 2.20. The van der Waals surface area contributed by atoms with E-state index in [2.05, 4.69) is 5.92 Å². The Bertz CT molecular complexity index is 476. The SMILES string of the molecule is C#C[C@@H]([C@H]1COCO1)N(Cc1ccccc1)OC(C)=O. The average molecular weight is 275 g/mol. The molecule has 1 aliphatic heterocycles. The molecule has 0 aliphatic carbocycles. The van der Waals surface area contributed by atoms with E-state index in [0.717, 1.165) is 5.56 Å². The Morgan fingerprint density at radius 3 is 2.85 bits per heavy atom. The normalized spacial score (nSPS) is 19.6. The van der Waals surface area contributed by atoms with E-state index in [0.29, 0.717) is 13.2 Å². The largest absolute Gasteiger partial charge is 0.367 e. The van der Waals surface area contributed by atoms with Crippen molar-refractivity contribution in [3.63, 3.8) is 0 Å². The summed E-state index contributed by atoms with van der Waals surface area (Å²) < 4.78 is 10.6. The Balaban J connectivity index is 2.13. The van der Waals surface area contributed by atoms with Gasteiger partial charge in [-0.05, 0) is 5.56 Å². The first-order chi connectivity index (χ1) is 9.70. The molecule has 0 aromatic heterocycles. The minimum atomic E-state index is -0.485. The first-order valence-corrected chi connectivity index (χ1v) is 6.35. The summed E-state index contributed by atoms with van der Waals surface area (Å²) in [4.78, 5) is 16.5. The zero-order valence-electron chi connectivity index (χ0n) is 11.3. The molecule has 1 aromatic carbocycles. The van der Waals surface area contributed by atoms with E-state index < -0.39 is 12.0 Å². The van der Waals surface area contributed by atoms with Crippen molar-refractivity contribution in [1.29, 1.82) is 0 Å². The lowest BCUT2D eigenvalue weighted by Crippen LogP contribution is -2.44. The van der Waals surface area contributed by atoms with Crippen molar-refractivity contribution in [2.24, 2.45) is 0 Å². The lowest BCUT2D eigenvalue weighted by Gasteiger charge is -2.28. The maximum atomic E-state index is 11.3. The third kappa shape index (κ3) is 3.81. The van der Waals surface area contributed by atoms with Crippen molar-refractivity contribution in [1.82, 2.24) is 5.06 Å². The van der Waals surface area contributed by atoms with Gasteiger partial charge in [0, 0.05) is 6.92 Å². The highest BCUT2D eigenvalue weighted by Crippen LogP contribution is 2.17. The Morgan fingerprint density at radius 1 is 1.55 bits per heavy atom. The van der Waals surface area contributed by atoms with Gasteiger partial charge in [0.1, 0.15) is 18.9 Å². The summed E-state index contributed by atoms with van der Waals surface area (Å²) in [5, 5.41) is 1.47. The van der Waals surface area contributed by atoms with Crippen molar-refractivity contribution in [2.45, 2.75) is 25.6 Å². The molecule has 0 radical (unpaired) electrons. The molecule has 1 aliphatic rings. The molecule has 0 saturated carbocycles. The zero-order chi connectivity index (χ0) is 14.4. The van der Waals surface area contributed by atoms with Crippen LogP contribution in [0.1, 0.15) is 12.5 Å². The molecule has 0 amide bonds. The third-order valence-electron chi connectivity index (χ3n) is 2.91. The fourth-order valence-electron chi connectivity index (χ4n) is 2.02. The summed E-state index contributed by atoms with van der Waals surface area (Å²) in [7, 11) is 0. The van der Waals surface area contributed by atoms with Gasteiger partial charge in [-0.3, -0.25) is 4.79 Å². The highest BCUT2D eigenvalue weighted by atomic mass is 16.7. The van der Waals surface area contributed by atoms with Crippen molar-refractivity contribution in [3.05, 3.63) is 35.9 Å². The van der Waals surface area contributed by atoms with E-state index in [1.807, 2.05) is 30.3 Å². The third-order valence-corrected chi connectivity index (χ3v) is 2.91. The molecule has 2 atom stereocenters. The summed E-state index contributed by atoms with van der Waals surface area (Å²) in [6.07, 6.45) is 5.26. The van der Waals surface area contributed by atoms with Gasteiger partial charge in [0.15, 0.2) is 0 Å². The van der Waals surface area contributed by atoms with Crippen LogP contribution in [0.3, 0.4) is 0 Å². The molecule has 1 saturated heterocycles. The fraction of sp³-hybridized carbons (Fsp3) is 0.400. The van der Waals surface area contributed by atoms with Gasteiger partial charge >= 0.3 is 5.97 Å². The Labute approximate surface area is 118 Å². The molecular formula is C15H17NO4. The van der Waals surface area contributed by atoms with Crippen molar-refractivity contribution >= 4 is 5.97 Å². The number of nitrogens with zero attached hydrogens (tertiary/aromatic N) is 1. The van der Waals surface area contributed by atoms with Crippen LogP contribution >= 0.6 is 0 Å². The van der Waals surface area contributed by atoms with Gasteiger partial charge < -0.3 is 14.3 Å². The van der Waals surface area contributed by atoms with Gasteiger partial charge in [0.2, 0.25) is 0 Å². The van der Waals surface area contributed by atoms with Crippen LogP contribution in [0.15, 0.2) is 30.3 Å². The molecule has 1 aromatic rings. The molecule has 2 rings (SSSR count). The number of hydroxylamine groups is 2. The Morgan fingerprint density at radius 2 is 2.30 bits per heavy atom. The molecule has 0 N–H and O–H groups in total. The number of benzene rings is 1. The number of rotatable bonds is 5. The van der Waals surface area contributed by atoms with Gasteiger partial charge in [0.05, 0.1) is 13.2 Å². The second-order valence-electron chi connectivity index (χ2n) is 4.45. The summed E-state index contributed by atoms with van der Waals surface area (Å²) in [5.41, 5.74) is 0.993. The standard InChI is InChI=1S/C15H17NO4/c1-3-14(15-10-18-11-19-15)16(20-12(2)17)9-13-7-5-4-6-8-13/h1,4-8,14-15H,9-11H2,2H3/t14-,15+/m0/s1. The summed E-state index contributed by atoms with van der Waals surface area (Å²) >= 11 is 0. The van der Waals surface area contributed by atoms with E-state index in [1.54, 1.807) is 0 Å². The first kappa shape index (κ1) is 14.5. The van der Waals surface area contributed by atoms with Crippen LogP contribution in [-0.2, 0) is 25.7 Å². The molecule has 0 spiro atoms. The zero-order valence-corrected chi connectivity index (χ0v) is 11.3. The topological polar surface area (TPSA) is 48.0 Å². The molecule has 1 heterocycles. The van der Waals surface area contributed by atoms with E-state index in [1.165, 1.54) is 12.0 Å². The minimum absolute atomic E-state index is 0.210. The van der Waals surface area contributed by atoms with Crippen LogP contribution in [0, 0.1) is 12.3 Å². The van der Waals surface area contributed by atoms with Crippen LogP contribution in [0.2, 0.25) is 0 Å². The van der Waals surface area contributed by atoms with Gasteiger partial charge in [-0.25, -0.2) is 0 Å². The number of carbonyl (C=O) groups excluding carboxylic acids is 1. The molecule has 1 fully saturated rings.